The summed E-state index contributed by atoms with van der Waals surface area (Å²) >= 11 is 0. The van der Waals surface area contributed by atoms with Crippen LogP contribution in [0.2, 0.25) is 0 Å². The molecule has 0 spiro atoms. The highest BCUT2D eigenvalue weighted by molar-refractivity contribution is 5.90. The van der Waals surface area contributed by atoms with E-state index in [-0.39, 0.29) is 24.7 Å². The van der Waals surface area contributed by atoms with Crippen LogP contribution in [0, 0.1) is 5.82 Å². The normalized spacial score (nSPS) is 19.3. The Morgan fingerprint density at radius 1 is 1.23 bits per heavy atom. The quantitative estimate of drug-likeness (QED) is 0.668. The van der Waals surface area contributed by atoms with E-state index in [1.807, 2.05) is 5.32 Å². The summed E-state index contributed by atoms with van der Waals surface area (Å²) in [6.07, 6.45) is -4.77. The number of ether oxygens (including phenoxy) is 1. The predicted molar refractivity (Wildman–Crippen MR) is 98.9 cm³/mol. The van der Waals surface area contributed by atoms with E-state index in [4.69, 9.17) is 9.84 Å². The number of carbonyl (C=O) groups excluding carboxylic acids is 3. The highest BCUT2D eigenvalue weighted by Crippen LogP contribution is 2.28. The second kappa shape index (κ2) is 9.20. The molecule has 2 aliphatic rings. The number of halogens is 3. The molecule has 1 aromatic carbocycles. The van der Waals surface area contributed by atoms with Crippen LogP contribution >= 0.6 is 0 Å². The average Bonchev–Trinajstić information content (AvgIpc) is 3.12. The number of benzene rings is 1. The van der Waals surface area contributed by atoms with Crippen molar-refractivity contribution in [3.8, 4) is 0 Å². The van der Waals surface area contributed by atoms with Crippen molar-refractivity contribution in [2.45, 2.75) is 12.5 Å². The van der Waals surface area contributed by atoms with Crippen molar-refractivity contribution in [1.82, 2.24) is 10.2 Å². The Hall–Kier alpha value is -3.02. The first-order valence-electron chi connectivity index (χ1n) is 9.27. The van der Waals surface area contributed by atoms with Crippen LogP contribution < -0.4 is 15.1 Å². The molecule has 1 aromatic rings. The number of hydrogen-bond donors (Lipinski definition) is 2. The van der Waals surface area contributed by atoms with E-state index < -0.39 is 37.0 Å². The number of amides is 3. The molecule has 0 radical (unpaired) electrons. The predicted octanol–water partition coefficient (Wildman–Crippen LogP) is 0.173. The number of cyclic esters (lactones) is 1. The number of piperazine rings is 1. The Balaban J connectivity index is 1.61. The van der Waals surface area contributed by atoms with Gasteiger partial charge in [0.1, 0.15) is 18.5 Å². The zero-order valence-corrected chi connectivity index (χ0v) is 15.9. The third-order valence-corrected chi connectivity index (χ3v) is 4.93. The largest absolute Gasteiger partial charge is 0.442 e. The van der Waals surface area contributed by atoms with Crippen LogP contribution in [0.1, 0.15) is 0 Å². The molecule has 164 valence electrons. The maximum absolute atomic E-state index is 14.7. The molecular formula is C18H21F3N4O5. The van der Waals surface area contributed by atoms with Gasteiger partial charge in [-0.15, -0.1) is 0 Å². The number of nitrogens with one attached hydrogen (secondary N) is 1. The molecule has 2 N–H and O–H groups in total. The summed E-state index contributed by atoms with van der Waals surface area (Å²) in [7, 11) is 0. The van der Waals surface area contributed by atoms with Crippen LogP contribution in [0.5, 0.6) is 0 Å². The molecule has 12 heteroatoms. The molecule has 0 aromatic heterocycles. The summed E-state index contributed by atoms with van der Waals surface area (Å²) in [5, 5.41) is 10.9. The van der Waals surface area contributed by atoms with Crippen LogP contribution in [0.4, 0.5) is 29.3 Å². The van der Waals surface area contributed by atoms with E-state index >= 15 is 0 Å². The molecule has 30 heavy (non-hydrogen) atoms. The van der Waals surface area contributed by atoms with E-state index in [2.05, 4.69) is 0 Å². The Labute approximate surface area is 170 Å². The van der Waals surface area contributed by atoms with Crippen molar-refractivity contribution in [3.05, 3.63) is 24.0 Å². The van der Waals surface area contributed by atoms with Crippen molar-refractivity contribution >= 4 is 29.3 Å². The van der Waals surface area contributed by atoms with Crippen LogP contribution in [0.15, 0.2) is 18.2 Å². The molecule has 0 aliphatic carbocycles. The van der Waals surface area contributed by atoms with Crippen molar-refractivity contribution in [3.63, 3.8) is 0 Å². The minimum absolute atomic E-state index is 0.0247. The summed E-state index contributed by atoms with van der Waals surface area (Å²) < 4.78 is 44.2. The summed E-state index contributed by atoms with van der Waals surface area (Å²) in [5.41, 5.74) is 0.543. The number of rotatable bonds is 6. The van der Waals surface area contributed by atoms with Gasteiger partial charge in [0.05, 0.1) is 24.5 Å². The van der Waals surface area contributed by atoms with Gasteiger partial charge >= 0.3 is 12.5 Å². The van der Waals surface area contributed by atoms with Crippen LogP contribution in [-0.2, 0) is 14.3 Å². The summed E-state index contributed by atoms with van der Waals surface area (Å²) in [5.74, 6) is -2.41. The molecule has 2 aliphatic heterocycles. The lowest BCUT2D eigenvalue weighted by molar-refractivity contribution is -0.134. The molecule has 2 saturated heterocycles. The first-order valence-corrected chi connectivity index (χ1v) is 9.27. The Morgan fingerprint density at radius 2 is 1.93 bits per heavy atom. The van der Waals surface area contributed by atoms with Gasteiger partial charge in [-0.1, -0.05) is 0 Å². The van der Waals surface area contributed by atoms with Crippen LogP contribution in [0.3, 0.4) is 0 Å². The molecule has 0 bridgehead atoms. The Morgan fingerprint density at radius 3 is 2.53 bits per heavy atom. The lowest BCUT2D eigenvalue weighted by Crippen LogP contribution is -2.49. The molecule has 2 heterocycles. The van der Waals surface area contributed by atoms with Gasteiger partial charge in [-0.05, 0) is 18.2 Å². The Bertz CT molecular complexity index is 817. The minimum Gasteiger partial charge on any atom is -0.442 e. The topological polar surface area (TPSA) is 102 Å². The second-order valence-corrected chi connectivity index (χ2v) is 6.82. The zero-order valence-electron chi connectivity index (χ0n) is 15.9. The molecule has 9 nitrogen and oxygen atoms in total. The lowest BCUT2D eigenvalue weighted by atomic mass is 10.2. The number of aliphatic hydroxyl groups excluding tert-OH is 1. The van der Waals surface area contributed by atoms with E-state index in [0.717, 1.165) is 4.90 Å². The van der Waals surface area contributed by atoms with Gasteiger partial charge in [-0.25, -0.2) is 9.18 Å². The van der Waals surface area contributed by atoms with Gasteiger partial charge in [-0.3, -0.25) is 14.5 Å². The number of aliphatic hydroxyl groups is 1. The first kappa shape index (κ1) is 21.7. The lowest BCUT2D eigenvalue weighted by Gasteiger charge is -2.36. The maximum atomic E-state index is 14.7. The number of alkyl halides is 2. The monoisotopic (exact) mass is 430 g/mol. The fourth-order valence-corrected chi connectivity index (χ4v) is 3.35. The fraction of sp³-hybridized carbons (Fsp3) is 0.500. The number of nitrogens with zero attached hydrogens (tertiary/aromatic N) is 3. The average molecular weight is 430 g/mol. The molecule has 0 saturated carbocycles. The van der Waals surface area contributed by atoms with Crippen LogP contribution in [-0.4, -0.2) is 86.3 Å². The smallest absolute Gasteiger partial charge is 0.414 e. The third kappa shape index (κ3) is 4.75. The van der Waals surface area contributed by atoms with Crippen molar-refractivity contribution in [2.24, 2.45) is 0 Å². The van der Waals surface area contributed by atoms with E-state index in [1.165, 1.54) is 23.1 Å². The molecule has 1 unspecified atom stereocenters. The molecule has 1 atom stereocenters. The van der Waals surface area contributed by atoms with Gasteiger partial charge in [0.25, 0.3) is 5.91 Å². The maximum Gasteiger partial charge on any atom is 0.414 e. The fourth-order valence-electron chi connectivity index (χ4n) is 3.35. The SMILES string of the molecule is O=C(NCC1CN(c2ccc(N3CCN(C(=O)CO)CC3)c(F)c2)C(=O)O1)C(F)F. The van der Waals surface area contributed by atoms with Crippen molar-refractivity contribution < 1.29 is 37.4 Å². The third-order valence-electron chi connectivity index (χ3n) is 4.93. The summed E-state index contributed by atoms with van der Waals surface area (Å²) in [4.78, 5) is 38.9. The van der Waals surface area contributed by atoms with Gasteiger partial charge in [0, 0.05) is 26.2 Å². The van der Waals surface area contributed by atoms with Gasteiger partial charge in [-0.2, -0.15) is 8.78 Å². The first-order chi connectivity index (χ1) is 14.3. The van der Waals surface area contributed by atoms with Gasteiger partial charge in [0.15, 0.2) is 0 Å². The summed E-state index contributed by atoms with van der Waals surface area (Å²) in [6.45, 7) is 0.614. The van der Waals surface area contributed by atoms with E-state index in [0.29, 0.717) is 31.9 Å². The second-order valence-electron chi connectivity index (χ2n) is 6.82. The molecule has 3 amide bonds. The van der Waals surface area contributed by atoms with E-state index in [1.54, 1.807) is 4.90 Å². The van der Waals surface area contributed by atoms with Crippen LogP contribution in [0.25, 0.3) is 0 Å². The molecular weight excluding hydrogens is 409 g/mol. The number of carbonyl (C=O) groups is 3. The standard InChI is InChI=1S/C18H21F3N4O5/c19-13-7-11(25-9-12(30-18(25)29)8-22-17(28)16(20)21)1-2-14(13)23-3-5-24(6-4-23)15(27)10-26/h1-2,7,12,16,26H,3-6,8-10H2,(H,22,28). The zero-order chi connectivity index (χ0) is 21.8. The number of hydrogen-bond acceptors (Lipinski definition) is 6. The van der Waals surface area contributed by atoms with Gasteiger partial charge < -0.3 is 25.0 Å². The molecule has 3 rings (SSSR count). The van der Waals surface area contributed by atoms with E-state index in [9.17, 15) is 27.6 Å². The highest BCUT2D eigenvalue weighted by atomic mass is 19.3. The summed E-state index contributed by atoms with van der Waals surface area (Å²) in [6, 6.07) is 4.21. The minimum atomic E-state index is -3.16. The highest BCUT2D eigenvalue weighted by Gasteiger charge is 2.33. The van der Waals surface area contributed by atoms with Crippen molar-refractivity contribution in [2.75, 3.05) is 55.7 Å². The molecule has 2 fully saturated rings. The van der Waals surface area contributed by atoms with Gasteiger partial charge in [0.2, 0.25) is 5.91 Å². The van der Waals surface area contributed by atoms with Crippen molar-refractivity contribution in [1.29, 1.82) is 0 Å². The number of anilines is 2. The Kier molecular flexibility index (Phi) is 6.65.